The SMILES string of the molecule is COc1ccc(C=O)c(C(=O)O[C@H](C)C(=O)N2CC(=O)Nc3ccccc32)c1OC. The van der Waals surface area contributed by atoms with E-state index in [1.54, 1.807) is 24.3 Å². The minimum atomic E-state index is -1.23. The molecule has 0 radical (unpaired) electrons. The number of aldehydes is 1. The Labute approximate surface area is 172 Å². The van der Waals surface area contributed by atoms with Gasteiger partial charge < -0.3 is 19.5 Å². The molecule has 0 fully saturated rings. The number of methoxy groups -OCH3 is 2. The van der Waals surface area contributed by atoms with Crippen molar-refractivity contribution in [2.24, 2.45) is 0 Å². The maximum absolute atomic E-state index is 12.9. The molecule has 0 bridgehead atoms. The van der Waals surface area contributed by atoms with Crippen LogP contribution >= 0.6 is 0 Å². The van der Waals surface area contributed by atoms with Crippen molar-refractivity contribution >= 4 is 35.4 Å². The highest BCUT2D eigenvalue weighted by molar-refractivity contribution is 6.11. The van der Waals surface area contributed by atoms with Gasteiger partial charge in [-0.2, -0.15) is 0 Å². The van der Waals surface area contributed by atoms with E-state index in [4.69, 9.17) is 14.2 Å². The lowest BCUT2D eigenvalue weighted by Crippen LogP contribution is -2.47. The van der Waals surface area contributed by atoms with Crippen LogP contribution in [0.1, 0.15) is 27.6 Å². The molecule has 156 valence electrons. The number of para-hydroxylation sites is 2. The third-order valence-corrected chi connectivity index (χ3v) is 4.58. The first kappa shape index (κ1) is 20.8. The molecule has 0 unspecified atom stereocenters. The molecule has 3 rings (SSSR count). The molecule has 0 saturated carbocycles. The quantitative estimate of drug-likeness (QED) is 0.571. The van der Waals surface area contributed by atoms with E-state index in [1.807, 2.05) is 0 Å². The van der Waals surface area contributed by atoms with Gasteiger partial charge in [0.15, 0.2) is 23.9 Å². The van der Waals surface area contributed by atoms with Gasteiger partial charge in [0.2, 0.25) is 5.91 Å². The number of nitrogens with one attached hydrogen (secondary N) is 1. The highest BCUT2D eigenvalue weighted by Crippen LogP contribution is 2.34. The molecule has 0 spiro atoms. The first-order chi connectivity index (χ1) is 14.4. The number of amides is 2. The number of ether oxygens (including phenoxy) is 3. The zero-order valence-corrected chi connectivity index (χ0v) is 16.6. The number of esters is 1. The number of hydrogen-bond donors (Lipinski definition) is 1. The van der Waals surface area contributed by atoms with E-state index in [9.17, 15) is 19.2 Å². The van der Waals surface area contributed by atoms with Crippen molar-refractivity contribution in [3.05, 3.63) is 47.5 Å². The Bertz CT molecular complexity index is 1020. The highest BCUT2D eigenvalue weighted by Gasteiger charge is 2.33. The second kappa shape index (κ2) is 8.64. The molecule has 1 atom stereocenters. The van der Waals surface area contributed by atoms with E-state index in [2.05, 4.69) is 5.32 Å². The predicted molar refractivity (Wildman–Crippen MR) is 107 cm³/mol. The van der Waals surface area contributed by atoms with Gasteiger partial charge in [-0.25, -0.2) is 4.79 Å². The molecular formula is C21H20N2O7. The zero-order chi connectivity index (χ0) is 21.8. The largest absolute Gasteiger partial charge is 0.493 e. The van der Waals surface area contributed by atoms with Gasteiger partial charge in [0.05, 0.1) is 25.6 Å². The fourth-order valence-electron chi connectivity index (χ4n) is 3.17. The summed E-state index contributed by atoms with van der Waals surface area (Å²) in [6, 6.07) is 9.68. The summed E-state index contributed by atoms with van der Waals surface area (Å²) in [4.78, 5) is 50.4. The molecular weight excluding hydrogens is 392 g/mol. The second-order valence-corrected chi connectivity index (χ2v) is 6.42. The summed E-state index contributed by atoms with van der Waals surface area (Å²) in [7, 11) is 2.71. The fourth-order valence-corrected chi connectivity index (χ4v) is 3.17. The van der Waals surface area contributed by atoms with Crippen LogP contribution in [0.2, 0.25) is 0 Å². The molecule has 1 N–H and O–H groups in total. The number of carbonyl (C=O) groups excluding carboxylic acids is 4. The molecule has 0 saturated heterocycles. The average Bonchev–Trinajstić information content (AvgIpc) is 2.76. The molecule has 0 aromatic heterocycles. The van der Waals surface area contributed by atoms with E-state index in [1.165, 1.54) is 38.2 Å². The van der Waals surface area contributed by atoms with E-state index in [0.29, 0.717) is 17.7 Å². The predicted octanol–water partition coefficient (Wildman–Crippen LogP) is 2.05. The zero-order valence-electron chi connectivity index (χ0n) is 16.6. The fraction of sp³-hybridized carbons (Fsp3) is 0.238. The van der Waals surface area contributed by atoms with Gasteiger partial charge >= 0.3 is 5.97 Å². The molecule has 2 amide bonds. The molecule has 1 heterocycles. The van der Waals surface area contributed by atoms with Gasteiger partial charge in [-0.05, 0) is 31.2 Å². The number of anilines is 2. The summed E-state index contributed by atoms with van der Waals surface area (Å²) < 4.78 is 15.7. The highest BCUT2D eigenvalue weighted by atomic mass is 16.6. The van der Waals surface area contributed by atoms with Gasteiger partial charge in [0, 0.05) is 5.56 Å². The molecule has 2 aromatic rings. The number of benzene rings is 2. The monoisotopic (exact) mass is 412 g/mol. The van der Waals surface area contributed by atoms with E-state index < -0.39 is 18.0 Å². The molecule has 30 heavy (non-hydrogen) atoms. The van der Waals surface area contributed by atoms with Crippen LogP contribution in [0.3, 0.4) is 0 Å². The lowest BCUT2D eigenvalue weighted by molar-refractivity contribution is -0.128. The van der Waals surface area contributed by atoms with Crippen molar-refractivity contribution in [2.75, 3.05) is 31.0 Å². The van der Waals surface area contributed by atoms with Gasteiger partial charge in [0.25, 0.3) is 5.91 Å². The number of hydrogen-bond acceptors (Lipinski definition) is 7. The maximum atomic E-state index is 12.9. The summed E-state index contributed by atoms with van der Waals surface area (Å²) >= 11 is 0. The molecule has 2 aromatic carbocycles. The Hall–Kier alpha value is -3.88. The molecule has 1 aliphatic heterocycles. The van der Waals surface area contributed by atoms with Gasteiger partial charge in [0.1, 0.15) is 12.1 Å². The third-order valence-electron chi connectivity index (χ3n) is 4.58. The molecule has 9 nitrogen and oxygen atoms in total. The van der Waals surface area contributed by atoms with E-state index in [0.717, 1.165) is 0 Å². The average molecular weight is 412 g/mol. The summed E-state index contributed by atoms with van der Waals surface area (Å²) in [6.45, 7) is 1.18. The maximum Gasteiger partial charge on any atom is 0.343 e. The van der Waals surface area contributed by atoms with Crippen molar-refractivity contribution in [1.29, 1.82) is 0 Å². The Kier molecular flexibility index (Phi) is 6.01. The standard InChI is InChI=1S/C21H20N2O7/c1-12(20(26)23-10-17(25)22-14-6-4-5-7-15(14)23)30-21(27)18-13(11-24)8-9-16(28-2)19(18)29-3/h4-9,11-12H,10H2,1-3H3,(H,22,25)/t12-/m1/s1. The van der Waals surface area contributed by atoms with Crippen molar-refractivity contribution in [3.8, 4) is 11.5 Å². The van der Waals surface area contributed by atoms with Crippen molar-refractivity contribution < 1.29 is 33.4 Å². The Balaban J connectivity index is 1.87. The Morgan fingerprint density at radius 3 is 2.53 bits per heavy atom. The van der Waals surface area contributed by atoms with Crippen LogP contribution in [0.5, 0.6) is 11.5 Å². The molecule has 0 aliphatic carbocycles. The van der Waals surface area contributed by atoms with Crippen LogP contribution in [0, 0.1) is 0 Å². The number of nitrogens with zero attached hydrogens (tertiary/aromatic N) is 1. The van der Waals surface area contributed by atoms with Crippen LogP contribution in [-0.4, -0.2) is 50.9 Å². The van der Waals surface area contributed by atoms with Crippen molar-refractivity contribution in [1.82, 2.24) is 0 Å². The summed E-state index contributed by atoms with van der Waals surface area (Å²) in [5.74, 6) is -1.62. The van der Waals surface area contributed by atoms with Crippen LogP contribution in [0.25, 0.3) is 0 Å². The number of rotatable bonds is 6. The Morgan fingerprint density at radius 1 is 1.13 bits per heavy atom. The van der Waals surface area contributed by atoms with Crippen LogP contribution in [0.15, 0.2) is 36.4 Å². The first-order valence-corrected chi connectivity index (χ1v) is 9.02. The van der Waals surface area contributed by atoms with Gasteiger partial charge in [-0.1, -0.05) is 12.1 Å². The Morgan fingerprint density at radius 2 is 1.87 bits per heavy atom. The number of carbonyl (C=O) groups is 4. The summed E-state index contributed by atoms with van der Waals surface area (Å²) in [5.41, 5.74) is 0.860. The lowest BCUT2D eigenvalue weighted by atomic mass is 10.1. The van der Waals surface area contributed by atoms with Crippen molar-refractivity contribution in [2.45, 2.75) is 13.0 Å². The molecule has 1 aliphatic rings. The lowest BCUT2D eigenvalue weighted by Gasteiger charge is -2.30. The summed E-state index contributed by atoms with van der Waals surface area (Å²) in [6.07, 6.45) is -0.747. The minimum Gasteiger partial charge on any atom is -0.493 e. The smallest absolute Gasteiger partial charge is 0.343 e. The van der Waals surface area contributed by atoms with Crippen molar-refractivity contribution in [3.63, 3.8) is 0 Å². The minimum absolute atomic E-state index is 0.0226. The third kappa shape index (κ3) is 3.82. The number of fused-ring (bicyclic) bond motifs is 1. The van der Waals surface area contributed by atoms with Gasteiger partial charge in [-0.3, -0.25) is 19.3 Å². The topological polar surface area (TPSA) is 111 Å². The van der Waals surface area contributed by atoms with Crippen LogP contribution < -0.4 is 19.7 Å². The normalized spacial score (nSPS) is 13.6. The van der Waals surface area contributed by atoms with Gasteiger partial charge in [-0.15, -0.1) is 0 Å². The summed E-state index contributed by atoms with van der Waals surface area (Å²) in [5, 5.41) is 2.68. The van der Waals surface area contributed by atoms with E-state index in [-0.39, 0.29) is 35.1 Å². The second-order valence-electron chi connectivity index (χ2n) is 6.42. The molecule has 9 heteroatoms. The van der Waals surface area contributed by atoms with E-state index >= 15 is 0 Å². The van der Waals surface area contributed by atoms with Crippen LogP contribution in [-0.2, 0) is 14.3 Å². The first-order valence-electron chi connectivity index (χ1n) is 9.02. The van der Waals surface area contributed by atoms with Crippen LogP contribution in [0.4, 0.5) is 11.4 Å².